The minimum atomic E-state index is -3.65. The second kappa shape index (κ2) is 9.15. The molecular weight excluding hydrogens is 454 g/mol. The summed E-state index contributed by atoms with van der Waals surface area (Å²) in [7, 11) is -3.65. The first-order valence-electron chi connectivity index (χ1n) is 11.2. The molecule has 0 spiro atoms. The van der Waals surface area contributed by atoms with Crippen molar-refractivity contribution in [3.8, 4) is 0 Å². The molecule has 3 amide bonds. The molecule has 2 aliphatic rings. The molecule has 0 saturated carbocycles. The Labute approximate surface area is 199 Å². The molecule has 34 heavy (non-hydrogen) atoms. The average molecular weight is 482 g/mol. The molecule has 0 aliphatic carbocycles. The maximum atomic E-state index is 13.2. The molecule has 2 aromatic carbocycles. The Balaban J connectivity index is 1.51. The summed E-state index contributed by atoms with van der Waals surface area (Å²) in [6.07, 6.45) is 4.13. The van der Waals surface area contributed by atoms with E-state index in [0.717, 1.165) is 24.2 Å². The van der Waals surface area contributed by atoms with Gasteiger partial charge in [-0.25, -0.2) is 8.42 Å². The summed E-state index contributed by atoms with van der Waals surface area (Å²) in [4.78, 5) is 38.9. The highest BCUT2D eigenvalue weighted by Gasteiger charge is 2.36. The van der Waals surface area contributed by atoms with Crippen molar-refractivity contribution in [3.05, 3.63) is 71.8 Å². The lowest BCUT2D eigenvalue weighted by Gasteiger charge is -2.37. The summed E-state index contributed by atoms with van der Waals surface area (Å²) in [6.45, 7) is 7.50. The van der Waals surface area contributed by atoms with Crippen LogP contribution in [0.15, 0.2) is 60.0 Å². The van der Waals surface area contributed by atoms with Gasteiger partial charge in [0.15, 0.2) is 0 Å². The average Bonchev–Trinajstić information content (AvgIpc) is 3.04. The number of hydrogen-bond donors (Lipinski definition) is 1. The van der Waals surface area contributed by atoms with Gasteiger partial charge in [0.2, 0.25) is 10.0 Å². The normalized spacial score (nSPS) is 20.8. The Morgan fingerprint density at radius 3 is 2.26 bits per heavy atom. The monoisotopic (exact) mass is 481 g/mol. The summed E-state index contributed by atoms with van der Waals surface area (Å²) < 4.78 is 27.9. The van der Waals surface area contributed by atoms with E-state index in [9.17, 15) is 22.8 Å². The second-order valence-electron chi connectivity index (χ2n) is 8.71. The zero-order valence-electron chi connectivity index (χ0n) is 19.2. The zero-order valence-corrected chi connectivity index (χ0v) is 20.0. The third-order valence-corrected chi connectivity index (χ3v) is 8.49. The number of carbonyl (C=O) groups excluding carboxylic acids is 3. The molecule has 178 valence electrons. The predicted molar refractivity (Wildman–Crippen MR) is 128 cm³/mol. The Bertz CT molecular complexity index is 1260. The number of benzene rings is 2. The number of hydrogen-bond acceptors (Lipinski definition) is 5. The van der Waals surface area contributed by atoms with Crippen molar-refractivity contribution < 1.29 is 22.8 Å². The number of amides is 3. The molecule has 9 heteroatoms. The molecule has 4 rings (SSSR count). The Kier molecular flexibility index (Phi) is 6.42. The maximum Gasteiger partial charge on any atom is 0.261 e. The standard InChI is InChI=1S/C25H27N3O5S/c1-4-14-27-24(30)21-13-8-18(15-22(21)25(27)31)23(29)26-19-9-11-20(12-10-19)34(32,33)28-16(2)6-5-7-17(28)3/h4,8-13,15-17H,1,5-7,14H2,2-3H3,(H,26,29)/t16-,17-/m0/s1. The van der Waals surface area contributed by atoms with E-state index in [1.54, 1.807) is 4.31 Å². The van der Waals surface area contributed by atoms with Crippen LogP contribution in [0.3, 0.4) is 0 Å². The number of fused-ring (bicyclic) bond motifs is 1. The third-order valence-electron chi connectivity index (χ3n) is 6.34. The van der Waals surface area contributed by atoms with Crippen LogP contribution in [-0.4, -0.2) is 54.0 Å². The molecule has 2 heterocycles. The number of carbonyl (C=O) groups is 3. The molecule has 2 aliphatic heterocycles. The zero-order chi connectivity index (χ0) is 24.6. The summed E-state index contributed by atoms with van der Waals surface area (Å²) >= 11 is 0. The molecule has 1 N–H and O–H groups in total. The van der Waals surface area contributed by atoms with Gasteiger partial charge in [-0.2, -0.15) is 4.31 Å². The lowest BCUT2D eigenvalue weighted by atomic mass is 10.0. The Morgan fingerprint density at radius 2 is 1.65 bits per heavy atom. The van der Waals surface area contributed by atoms with Crippen LogP contribution < -0.4 is 5.32 Å². The molecule has 0 aromatic heterocycles. The van der Waals surface area contributed by atoms with Crippen LogP contribution in [0.5, 0.6) is 0 Å². The van der Waals surface area contributed by atoms with Crippen molar-refractivity contribution >= 4 is 33.4 Å². The van der Waals surface area contributed by atoms with Crippen molar-refractivity contribution in [2.75, 3.05) is 11.9 Å². The molecule has 0 radical (unpaired) electrons. The number of anilines is 1. The van der Waals surface area contributed by atoms with Gasteiger partial charge in [0.05, 0.1) is 16.0 Å². The van der Waals surface area contributed by atoms with Gasteiger partial charge in [0.1, 0.15) is 0 Å². The molecule has 1 saturated heterocycles. The van der Waals surface area contributed by atoms with Gasteiger partial charge in [-0.3, -0.25) is 19.3 Å². The van der Waals surface area contributed by atoms with Crippen molar-refractivity contribution in [2.24, 2.45) is 0 Å². The van der Waals surface area contributed by atoms with Crippen molar-refractivity contribution in [3.63, 3.8) is 0 Å². The van der Waals surface area contributed by atoms with Gasteiger partial charge in [0, 0.05) is 29.9 Å². The maximum absolute atomic E-state index is 13.2. The molecule has 2 aromatic rings. The van der Waals surface area contributed by atoms with Crippen molar-refractivity contribution in [1.82, 2.24) is 9.21 Å². The Morgan fingerprint density at radius 1 is 1.03 bits per heavy atom. The summed E-state index contributed by atoms with van der Waals surface area (Å²) in [5.74, 6) is -1.36. The minimum Gasteiger partial charge on any atom is -0.322 e. The van der Waals surface area contributed by atoms with E-state index in [4.69, 9.17) is 0 Å². The number of rotatable bonds is 6. The van der Waals surface area contributed by atoms with Crippen molar-refractivity contribution in [2.45, 2.75) is 50.1 Å². The van der Waals surface area contributed by atoms with Crippen LogP contribution in [0.4, 0.5) is 5.69 Å². The molecule has 0 unspecified atom stereocenters. The fraction of sp³-hybridized carbons (Fsp3) is 0.320. The predicted octanol–water partition coefficient (Wildman–Crippen LogP) is 3.67. The van der Waals surface area contributed by atoms with Crippen LogP contribution in [0.25, 0.3) is 0 Å². The van der Waals surface area contributed by atoms with E-state index in [1.165, 1.54) is 48.5 Å². The minimum absolute atomic E-state index is 0.0649. The third kappa shape index (κ3) is 4.17. The van der Waals surface area contributed by atoms with E-state index in [1.807, 2.05) is 13.8 Å². The number of sulfonamides is 1. The van der Waals surface area contributed by atoms with E-state index in [-0.39, 0.29) is 40.2 Å². The highest BCUT2D eigenvalue weighted by Crippen LogP contribution is 2.30. The molecule has 0 bridgehead atoms. The van der Waals surface area contributed by atoms with Crippen LogP contribution in [0.2, 0.25) is 0 Å². The first-order chi connectivity index (χ1) is 16.1. The summed E-state index contributed by atoms with van der Waals surface area (Å²) in [6, 6.07) is 10.3. The summed E-state index contributed by atoms with van der Waals surface area (Å²) in [5, 5.41) is 2.71. The largest absolute Gasteiger partial charge is 0.322 e. The van der Waals surface area contributed by atoms with Crippen LogP contribution in [0.1, 0.15) is 64.2 Å². The summed E-state index contributed by atoms with van der Waals surface area (Å²) in [5.41, 5.74) is 1.05. The SMILES string of the molecule is C=CCN1C(=O)c2ccc(C(=O)Nc3ccc(S(=O)(=O)N4[C@@H](C)CCC[C@@H]4C)cc3)cc2C1=O. The number of imide groups is 1. The highest BCUT2D eigenvalue weighted by atomic mass is 32.2. The molecule has 1 fully saturated rings. The topological polar surface area (TPSA) is 104 Å². The second-order valence-corrected chi connectivity index (χ2v) is 10.6. The molecular formula is C25H27N3O5S. The van der Waals surface area contributed by atoms with E-state index in [0.29, 0.717) is 5.69 Å². The highest BCUT2D eigenvalue weighted by molar-refractivity contribution is 7.89. The van der Waals surface area contributed by atoms with Gasteiger partial charge in [-0.05, 0) is 69.2 Å². The Hall–Kier alpha value is -3.30. The van der Waals surface area contributed by atoms with Crippen LogP contribution in [0, 0.1) is 0 Å². The van der Waals surface area contributed by atoms with Gasteiger partial charge in [-0.15, -0.1) is 6.58 Å². The fourth-order valence-electron chi connectivity index (χ4n) is 4.63. The number of piperidine rings is 1. The first-order valence-corrected chi connectivity index (χ1v) is 12.6. The van der Waals surface area contributed by atoms with E-state index in [2.05, 4.69) is 11.9 Å². The van der Waals surface area contributed by atoms with Crippen molar-refractivity contribution in [1.29, 1.82) is 0 Å². The molecule has 2 atom stereocenters. The van der Waals surface area contributed by atoms with Crippen LogP contribution in [-0.2, 0) is 10.0 Å². The quantitative estimate of drug-likeness (QED) is 0.501. The lowest BCUT2D eigenvalue weighted by molar-refractivity contribution is 0.0672. The molecule has 8 nitrogen and oxygen atoms in total. The lowest BCUT2D eigenvalue weighted by Crippen LogP contribution is -2.47. The van der Waals surface area contributed by atoms with Gasteiger partial charge in [0.25, 0.3) is 17.7 Å². The van der Waals surface area contributed by atoms with E-state index >= 15 is 0 Å². The van der Waals surface area contributed by atoms with Gasteiger partial charge >= 0.3 is 0 Å². The number of nitrogens with one attached hydrogen (secondary N) is 1. The fourth-order valence-corrected chi connectivity index (χ4v) is 6.52. The number of nitrogens with zero attached hydrogens (tertiary/aromatic N) is 2. The van der Waals surface area contributed by atoms with E-state index < -0.39 is 27.7 Å². The van der Waals surface area contributed by atoms with Crippen LogP contribution >= 0.6 is 0 Å². The van der Waals surface area contributed by atoms with Gasteiger partial charge in [-0.1, -0.05) is 12.5 Å². The van der Waals surface area contributed by atoms with Gasteiger partial charge < -0.3 is 5.32 Å². The smallest absolute Gasteiger partial charge is 0.261 e. The first kappa shape index (κ1) is 23.8.